The molecule has 2 unspecified atom stereocenters. The molecule has 11 heteroatoms. The van der Waals surface area contributed by atoms with Crippen molar-refractivity contribution in [1.29, 1.82) is 0 Å². The van der Waals surface area contributed by atoms with Gasteiger partial charge in [0.25, 0.3) is 11.6 Å². The van der Waals surface area contributed by atoms with Gasteiger partial charge in [0.2, 0.25) is 5.91 Å². The van der Waals surface area contributed by atoms with Gasteiger partial charge in [0.1, 0.15) is 5.69 Å². The van der Waals surface area contributed by atoms with Gasteiger partial charge in [-0.1, -0.05) is 11.6 Å². The minimum absolute atomic E-state index is 0.000811. The summed E-state index contributed by atoms with van der Waals surface area (Å²) in [6.45, 7) is 2.03. The maximum Gasteiger partial charge on any atom is 0.294 e. The van der Waals surface area contributed by atoms with E-state index in [2.05, 4.69) is 5.32 Å². The molecule has 9 nitrogen and oxygen atoms in total. The van der Waals surface area contributed by atoms with E-state index in [4.69, 9.17) is 17.3 Å². The Morgan fingerprint density at radius 1 is 1.28 bits per heavy atom. The van der Waals surface area contributed by atoms with E-state index in [0.717, 1.165) is 6.42 Å². The lowest BCUT2D eigenvalue weighted by Crippen LogP contribution is -2.44. The number of carbonyl (C=O) groups is 2. The van der Waals surface area contributed by atoms with E-state index in [0.29, 0.717) is 59.6 Å². The van der Waals surface area contributed by atoms with Gasteiger partial charge < -0.3 is 20.9 Å². The molecule has 0 bridgehead atoms. The summed E-state index contributed by atoms with van der Waals surface area (Å²) < 4.78 is 0.547. The van der Waals surface area contributed by atoms with E-state index in [-0.39, 0.29) is 29.5 Å². The summed E-state index contributed by atoms with van der Waals surface area (Å²) in [6.07, 6.45) is 1.75. The van der Waals surface area contributed by atoms with Gasteiger partial charge in [0.05, 0.1) is 19.8 Å². The van der Waals surface area contributed by atoms with Gasteiger partial charge in [-0.25, -0.2) is 0 Å². The highest BCUT2D eigenvalue weighted by Gasteiger charge is 2.31. The fourth-order valence-electron chi connectivity index (χ4n) is 4.19. The van der Waals surface area contributed by atoms with Crippen LogP contribution in [0.3, 0.4) is 0 Å². The molecule has 4 rings (SSSR count). The van der Waals surface area contributed by atoms with E-state index < -0.39 is 4.92 Å². The maximum absolute atomic E-state index is 12.6. The molecule has 0 radical (unpaired) electrons. The third-order valence-corrected chi connectivity index (χ3v) is 7.12. The Bertz CT molecular complexity index is 1040. The number of nitrogens with two attached hydrogens (primary N) is 1. The third kappa shape index (κ3) is 4.87. The van der Waals surface area contributed by atoms with Gasteiger partial charge in [-0.15, -0.1) is 11.3 Å². The minimum atomic E-state index is -0.416. The predicted molar refractivity (Wildman–Crippen MR) is 125 cm³/mol. The lowest BCUT2D eigenvalue weighted by Gasteiger charge is -2.33. The van der Waals surface area contributed by atoms with Gasteiger partial charge in [-0.05, 0) is 43.0 Å². The number of nitro groups is 1. The van der Waals surface area contributed by atoms with Crippen molar-refractivity contribution in [3.8, 4) is 0 Å². The number of hydrogen-bond donors (Lipinski definition) is 2. The molecule has 0 aliphatic carbocycles. The Hall–Kier alpha value is -2.69. The molecule has 1 aromatic carbocycles. The topological polar surface area (TPSA) is 122 Å². The van der Waals surface area contributed by atoms with Gasteiger partial charge in [0, 0.05) is 44.7 Å². The molecule has 1 aromatic heterocycles. The van der Waals surface area contributed by atoms with Crippen LogP contribution in [-0.2, 0) is 4.79 Å². The summed E-state index contributed by atoms with van der Waals surface area (Å²) in [4.78, 5) is 40.2. The van der Waals surface area contributed by atoms with Crippen molar-refractivity contribution in [1.82, 2.24) is 5.32 Å². The van der Waals surface area contributed by atoms with Crippen LogP contribution in [0.2, 0.25) is 4.34 Å². The van der Waals surface area contributed by atoms with Gasteiger partial charge in [-0.2, -0.15) is 0 Å². The molecular weight excluding hydrogens is 454 g/mol. The summed E-state index contributed by atoms with van der Waals surface area (Å²) in [5.74, 6) is -0.237. The van der Waals surface area contributed by atoms with E-state index in [1.54, 1.807) is 29.2 Å². The van der Waals surface area contributed by atoms with Gasteiger partial charge in [0.15, 0.2) is 0 Å². The number of anilines is 2. The minimum Gasteiger partial charge on any atom is -0.364 e. The standard InChI is InChI=1S/C21H24ClN5O4S/c22-19-5-4-18(32-19)21(29)24-10-13-1-6-20(28)26(11-13)15-2-3-16(17(9-15)27(30)31)25-8-7-14(23)12-25/h2-5,9,13-14H,1,6-8,10-12,23H2,(H,24,29). The molecule has 3 heterocycles. The molecular formula is C21H24ClN5O4S. The number of carbonyl (C=O) groups excluding carboxylic acids is 2. The molecule has 2 aliphatic rings. The number of piperidine rings is 1. The summed E-state index contributed by atoms with van der Waals surface area (Å²) in [5.41, 5.74) is 6.94. The lowest BCUT2D eigenvalue weighted by molar-refractivity contribution is -0.384. The van der Waals surface area contributed by atoms with Crippen molar-refractivity contribution in [2.45, 2.75) is 25.3 Å². The molecule has 2 aliphatic heterocycles. The number of nitrogens with one attached hydrogen (secondary N) is 1. The molecule has 2 saturated heterocycles. The van der Waals surface area contributed by atoms with Crippen LogP contribution in [0.25, 0.3) is 0 Å². The Morgan fingerprint density at radius 3 is 2.75 bits per heavy atom. The average Bonchev–Trinajstić information content (AvgIpc) is 3.40. The van der Waals surface area contributed by atoms with E-state index in [1.807, 2.05) is 4.90 Å². The number of benzene rings is 1. The van der Waals surface area contributed by atoms with Gasteiger partial charge >= 0.3 is 0 Å². The van der Waals surface area contributed by atoms with Crippen LogP contribution < -0.4 is 20.9 Å². The predicted octanol–water partition coefficient (Wildman–Crippen LogP) is 3.02. The molecule has 2 atom stereocenters. The number of rotatable bonds is 6. The Kier molecular flexibility index (Phi) is 6.63. The first-order valence-electron chi connectivity index (χ1n) is 10.4. The number of halogens is 1. The van der Waals surface area contributed by atoms with Crippen LogP contribution in [0.15, 0.2) is 30.3 Å². The van der Waals surface area contributed by atoms with Crippen LogP contribution in [0, 0.1) is 16.0 Å². The Morgan fingerprint density at radius 2 is 2.09 bits per heavy atom. The lowest BCUT2D eigenvalue weighted by atomic mass is 9.96. The number of amides is 2. The monoisotopic (exact) mass is 477 g/mol. The molecule has 2 amide bonds. The number of thiophene rings is 1. The molecule has 0 spiro atoms. The van der Waals surface area contributed by atoms with Crippen molar-refractivity contribution in [2.24, 2.45) is 11.7 Å². The van der Waals surface area contributed by atoms with Crippen molar-refractivity contribution in [3.63, 3.8) is 0 Å². The molecule has 32 heavy (non-hydrogen) atoms. The molecule has 0 saturated carbocycles. The fourth-order valence-corrected chi connectivity index (χ4v) is 5.15. The van der Waals surface area contributed by atoms with Crippen LogP contribution >= 0.6 is 22.9 Å². The quantitative estimate of drug-likeness (QED) is 0.487. The zero-order valence-corrected chi connectivity index (χ0v) is 18.9. The van der Waals surface area contributed by atoms with Crippen molar-refractivity contribution < 1.29 is 14.5 Å². The van der Waals surface area contributed by atoms with Crippen LogP contribution in [0.5, 0.6) is 0 Å². The number of nitro benzene ring substituents is 1. The van der Waals surface area contributed by atoms with E-state index in [9.17, 15) is 19.7 Å². The number of hydrogen-bond acceptors (Lipinski definition) is 7. The Labute approximate surface area is 194 Å². The average molecular weight is 478 g/mol. The highest BCUT2D eigenvalue weighted by molar-refractivity contribution is 7.18. The van der Waals surface area contributed by atoms with E-state index in [1.165, 1.54) is 17.4 Å². The first-order chi connectivity index (χ1) is 15.3. The SMILES string of the molecule is NC1CCN(c2ccc(N3CC(CNC(=O)c4ccc(Cl)s4)CCC3=O)cc2[N+](=O)[O-])C1. The zero-order valence-electron chi connectivity index (χ0n) is 17.3. The molecule has 170 valence electrons. The largest absolute Gasteiger partial charge is 0.364 e. The maximum atomic E-state index is 12.6. The smallest absolute Gasteiger partial charge is 0.294 e. The van der Waals surface area contributed by atoms with Crippen LogP contribution in [0.1, 0.15) is 28.9 Å². The second kappa shape index (κ2) is 9.43. The molecule has 2 aromatic rings. The second-order valence-corrected chi connectivity index (χ2v) is 9.86. The van der Waals surface area contributed by atoms with Crippen molar-refractivity contribution >= 4 is 51.8 Å². The normalized spacial score (nSPS) is 21.1. The summed E-state index contributed by atoms with van der Waals surface area (Å²) in [5, 5.41) is 14.6. The molecule has 3 N–H and O–H groups in total. The first kappa shape index (κ1) is 22.5. The van der Waals surface area contributed by atoms with Gasteiger partial charge in [-0.3, -0.25) is 19.7 Å². The Balaban J connectivity index is 1.46. The first-order valence-corrected chi connectivity index (χ1v) is 11.6. The second-order valence-electron chi connectivity index (χ2n) is 8.15. The van der Waals surface area contributed by atoms with Crippen LogP contribution in [0.4, 0.5) is 17.1 Å². The highest BCUT2D eigenvalue weighted by Crippen LogP contribution is 2.35. The van der Waals surface area contributed by atoms with E-state index >= 15 is 0 Å². The summed E-state index contributed by atoms with van der Waals surface area (Å²) >= 11 is 7.10. The fraction of sp³-hybridized carbons (Fsp3) is 0.429. The molecule has 2 fully saturated rings. The number of nitrogens with zero attached hydrogens (tertiary/aromatic N) is 3. The summed E-state index contributed by atoms with van der Waals surface area (Å²) in [6, 6.07) is 8.26. The third-order valence-electron chi connectivity index (χ3n) is 5.89. The van der Waals surface area contributed by atoms with Crippen molar-refractivity contribution in [3.05, 3.63) is 49.7 Å². The zero-order chi connectivity index (χ0) is 22.8. The highest BCUT2D eigenvalue weighted by atomic mass is 35.5. The van der Waals surface area contributed by atoms with Crippen LogP contribution in [-0.4, -0.2) is 49.0 Å². The van der Waals surface area contributed by atoms with Crippen molar-refractivity contribution in [2.75, 3.05) is 36.0 Å². The summed E-state index contributed by atoms with van der Waals surface area (Å²) in [7, 11) is 0.